The quantitative estimate of drug-likeness (QED) is 0.166. The first-order valence-electron chi connectivity index (χ1n) is 15.9. The van der Waals surface area contributed by atoms with Gasteiger partial charge in [-0.2, -0.15) is 18.4 Å². The number of anilines is 1. The Morgan fingerprint density at radius 3 is 2.63 bits per heavy atom. The number of nitrogens with two attached hydrogens (primary N) is 1. The number of thiophene rings is 1. The number of fused-ring (bicyclic) bond motifs is 2. The minimum Gasteiger partial charge on any atom is -0.378 e. The molecule has 4 aromatic rings. The van der Waals surface area contributed by atoms with E-state index in [9.17, 15) is 23.5 Å². The van der Waals surface area contributed by atoms with Gasteiger partial charge in [0.2, 0.25) is 0 Å². The number of rotatable bonds is 11. The van der Waals surface area contributed by atoms with E-state index in [0.717, 1.165) is 80.5 Å². The van der Waals surface area contributed by atoms with Crippen molar-refractivity contribution in [2.45, 2.75) is 77.0 Å². The number of alkyl halides is 3. The van der Waals surface area contributed by atoms with Crippen molar-refractivity contribution in [3.8, 4) is 6.07 Å². The molecule has 8 rings (SSSR count). The summed E-state index contributed by atoms with van der Waals surface area (Å²) in [6.45, 7) is 6.61. The van der Waals surface area contributed by atoms with E-state index in [0.29, 0.717) is 34.8 Å². The first-order valence-corrected chi connectivity index (χ1v) is 16.7. The molecule has 9 nitrogen and oxygen atoms in total. The fourth-order valence-electron chi connectivity index (χ4n) is 8.25. The number of aromatic nitrogens is 3. The zero-order chi connectivity index (χ0) is 32.3. The Labute approximate surface area is 269 Å². The number of hydrogen-bond donors (Lipinski definition) is 4. The molecular weight excluding hydrogens is 613 g/mol. The molecular formula is C33H39F3N8OS. The van der Waals surface area contributed by atoms with Gasteiger partial charge in [0.25, 0.3) is 0 Å². The highest BCUT2D eigenvalue weighted by Gasteiger charge is 2.70. The molecule has 3 aromatic heterocycles. The third kappa shape index (κ3) is 5.75. The van der Waals surface area contributed by atoms with Crippen LogP contribution in [0, 0.1) is 29.1 Å². The molecule has 13 heteroatoms. The van der Waals surface area contributed by atoms with Crippen LogP contribution in [-0.2, 0) is 19.5 Å². The average molecular weight is 653 g/mol. The molecule has 4 fully saturated rings. The van der Waals surface area contributed by atoms with Crippen molar-refractivity contribution in [1.82, 2.24) is 24.8 Å². The lowest BCUT2D eigenvalue weighted by Crippen LogP contribution is -2.70. The van der Waals surface area contributed by atoms with Crippen molar-refractivity contribution in [2.75, 3.05) is 31.5 Å². The van der Waals surface area contributed by atoms with Gasteiger partial charge in [-0.25, -0.2) is 9.97 Å². The van der Waals surface area contributed by atoms with Gasteiger partial charge in [0.05, 0.1) is 11.8 Å². The number of halogens is 3. The summed E-state index contributed by atoms with van der Waals surface area (Å²) >= 11 is 1.07. The second-order valence-corrected chi connectivity index (χ2v) is 14.8. The van der Waals surface area contributed by atoms with Crippen molar-refractivity contribution in [1.29, 1.82) is 5.26 Å². The van der Waals surface area contributed by atoms with Crippen LogP contribution < -0.4 is 16.4 Å². The van der Waals surface area contributed by atoms with Gasteiger partial charge in [0, 0.05) is 66.5 Å². The molecule has 4 heterocycles. The number of benzene rings is 1. The van der Waals surface area contributed by atoms with Crippen molar-refractivity contribution < 1.29 is 18.3 Å². The van der Waals surface area contributed by atoms with E-state index in [1.807, 2.05) is 6.07 Å². The Kier molecular flexibility index (Phi) is 8.00. The molecule has 1 unspecified atom stereocenters. The molecule has 1 aliphatic heterocycles. The number of piperidine rings is 1. The standard InChI is InChI=1S/C33H39F3N8OS/c1-20-21(2-3-27-25(20)10-23(13-38)44(27)18-31-15-32(16-31,17-31)30(45)39-7-6-37)14-43-8-4-22(5-9-43)42-28-26-11-24(12-33(34,35)36)46-29(26)41-19-40-28/h2-3,10-11,19,22,30,39,45H,4-9,12,14-18,37H2,1H3,(H,40,41,42). The van der Waals surface area contributed by atoms with Gasteiger partial charge >= 0.3 is 6.18 Å². The van der Waals surface area contributed by atoms with Crippen molar-refractivity contribution >= 4 is 38.3 Å². The van der Waals surface area contributed by atoms with Crippen LogP contribution in [0.5, 0.6) is 0 Å². The predicted octanol–water partition coefficient (Wildman–Crippen LogP) is 5.04. The second-order valence-electron chi connectivity index (χ2n) is 13.7. The van der Waals surface area contributed by atoms with Crippen molar-refractivity contribution in [3.63, 3.8) is 0 Å². The molecule has 1 saturated heterocycles. The minimum absolute atomic E-state index is 0.0535. The Hall–Kier alpha value is -3.28. The highest BCUT2D eigenvalue weighted by atomic mass is 32.1. The number of aliphatic hydroxyl groups excluding tert-OH is 1. The molecule has 3 saturated carbocycles. The van der Waals surface area contributed by atoms with E-state index in [4.69, 9.17) is 5.73 Å². The normalized spacial score (nSPS) is 24.1. The maximum atomic E-state index is 12.9. The fourth-order valence-corrected chi connectivity index (χ4v) is 9.27. The van der Waals surface area contributed by atoms with Gasteiger partial charge in [-0.1, -0.05) is 6.07 Å². The van der Waals surface area contributed by atoms with E-state index in [1.165, 1.54) is 17.5 Å². The van der Waals surface area contributed by atoms with Crippen LogP contribution in [0.2, 0.25) is 0 Å². The number of aryl methyl sites for hydroxylation is 1. The van der Waals surface area contributed by atoms with Crippen molar-refractivity contribution in [2.24, 2.45) is 16.6 Å². The van der Waals surface area contributed by atoms with Crippen LogP contribution in [-0.4, -0.2) is 69.2 Å². The number of likely N-dealkylation sites (tertiary alicyclic amines) is 1. The number of nitrogens with zero attached hydrogens (tertiary/aromatic N) is 5. The number of nitrogens with one attached hydrogen (secondary N) is 2. The summed E-state index contributed by atoms with van der Waals surface area (Å²) in [5.41, 5.74) is 9.88. The summed E-state index contributed by atoms with van der Waals surface area (Å²) < 4.78 is 41.0. The summed E-state index contributed by atoms with van der Waals surface area (Å²) in [6.07, 6.45) is 0.328. The molecule has 46 heavy (non-hydrogen) atoms. The molecule has 244 valence electrons. The van der Waals surface area contributed by atoms with Crippen LogP contribution in [0.1, 0.15) is 53.8 Å². The van der Waals surface area contributed by atoms with E-state index in [1.54, 1.807) is 6.07 Å². The van der Waals surface area contributed by atoms with E-state index in [2.05, 4.69) is 55.2 Å². The monoisotopic (exact) mass is 652 g/mol. The van der Waals surface area contributed by atoms with Crippen LogP contribution >= 0.6 is 11.3 Å². The number of hydrogen-bond acceptors (Lipinski definition) is 9. The highest BCUT2D eigenvalue weighted by molar-refractivity contribution is 7.18. The summed E-state index contributed by atoms with van der Waals surface area (Å²) in [7, 11) is 0. The maximum absolute atomic E-state index is 12.9. The molecule has 0 radical (unpaired) electrons. The Balaban J connectivity index is 0.982. The smallest absolute Gasteiger partial charge is 0.378 e. The average Bonchev–Trinajstić information content (AvgIpc) is 3.55. The largest absolute Gasteiger partial charge is 0.393 e. The summed E-state index contributed by atoms with van der Waals surface area (Å²) in [5.74, 6) is 0.598. The van der Waals surface area contributed by atoms with Crippen LogP contribution in [0.3, 0.4) is 0 Å². The number of nitriles is 1. The molecule has 4 aliphatic rings. The Morgan fingerprint density at radius 1 is 1.17 bits per heavy atom. The molecule has 3 aliphatic carbocycles. The Bertz CT molecular complexity index is 1780. The first-order chi connectivity index (χ1) is 22.0. The molecule has 1 aromatic carbocycles. The summed E-state index contributed by atoms with van der Waals surface area (Å²) in [5, 5.41) is 29.0. The first kappa shape index (κ1) is 31.3. The molecule has 0 amide bonds. The topological polar surface area (TPSA) is 128 Å². The zero-order valence-electron chi connectivity index (χ0n) is 25.8. The van der Waals surface area contributed by atoms with E-state index >= 15 is 0 Å². The molecule has 0 spiro atoms. The van der Waals surface area contributed by atoms with Gasteiger partial charge in [-0.15, -0.1) is 11.3 Å². The molecule has 5 N–H and O–H groups in total. The lowest BCUT2D eigenvalue weighted by atomic mass is 9.34. The van der Waals surface area contributed by atoms with Crippen LogP contribution in [0.15, 0.2) is 30.6 Å². The lowest BCUT2D eigenvalue weighted by molar-refractivity contribution is -0.266. The second kappa shape index (κ2) is 11.8. The lowest BCUT2D eigenvalue weighted by Gasteiger charge is -2.72. The van der Waals surface area contributed by atoms with Gasteiger partial charge < -0.3 is 20.7 Å². The summed E-state index contributed by atoms with van der Waals surface area (Å²) in [6, 6.07) is 10.5. The number of aliphatic hydroxyl groups is 1. The van der Waals surface area contributed by atoms with Gasteiger partial charge in [-0.05, 0) is 73.8 Å². The van der Waals surface area contributed by atoms with Gasteiger partial charge in [0.15, 0.2) is 0 Å². The highest BCUT2D eigenvalue weighted by Crippen LogP contribution is 2.75. The SMILES string of the molecule is Cc1c(CN2CCC(Nc3ncnc4sc(CC(F)(F)F)cc34)CC2)ccc2c1cc(C#N)n2CC12CC(C(O)NCCN)(C1)C2. The molecule has 1 atom stereocenters. The van der Waals surface area contributed by atoms with Crippen LogP contribution in [0.4, 0.5) is 19.0 Å². The zero-order valence-corrected chi connectivity index (χ0v) is 26.6. The van der Waals surface area contributed by atoms with E-state index < -0.39 is 18.8 Å². The van der Waals surface area contributed by atoms with E-state index in [-0.39, 0.29) is 21.7 Å². The van der Waals surface area contributed by atoms with Gasteiger partial charge in [-0.3, -0.25) is 10.2 Å². The van der Waals surface area contributed by atoms with Gasteiger partial charge in [0.1, 0.15) is 35.0 Å². The van der Waals surface area contributed by atoms with Crippen molar-refractivity contribution in [3.05, 3.63) is 52.3 Å². The third-order valence-electron chi connectivity index (χ3n) is 10.4. The molecule has 2 bridgehead atoms. The summed E-state index contributed by atoms with van der Waals surface area (Å²) in [4.78, 5) is 11.8. The third-order valence-corrected chi connectivity index (χ3v) is 11.4. The fraction of sp³-hybridized carbons (Fsp3) is 0.545. The minimum atomic E-state index is -4.26. The maximum Gasteiger partial charge on any atom is 0.393 e. The Morgan fingerprint density at radius 2 is 1.93 bits per heavy atom. The van der Waals surface area contributed by atoms with Crippen LogP contribution in [0.25, 0.3) is 21.1 Å². The predicted molar refractivity (Wildman–Crippen MR) is 172 cm³/mol.